The van der Waals surface area contributed by atoms with E-state index in [0.717, 1.165) is 33.5 Å². The van der Waals surface area contributed by atoms with E-state index in [-0.39, 0.29) is 0 Å². The minimum atomic E-state index is 0.466. The first-order valence-electron chi connectivity index (χ1n) is 9.57. The van der Waals surface area contributed by atoms with Crippen LogP contribution in [0.1, 0.15) is 31.4 Å². The Bertz CT molecular complexity index is 931. The summed E-state index contributed by atoms with van der Waals surface area (Å²) in [6.45, 7) is 1.96. The summed E-state index contributed by atoms with van der Waals surface area (Å²) in [5.74, 6) is 0.925. The molecule has 6 nitrogen and oxygen atoms in total. The molecule has 2 heterocycles. The smallest absolute Gasteiger partial charge is 0.137 e. The van der Waals surface area contributed by atoms with Gasteiger partial charge in [0.05, 0.1) is 17.4 Å². The largest absolute Gasteiger partial charge is 0.367 e. The second-order valence-corrected chi connectivity index (χ2v) is 7.65. The molecular weight excluding hydrogens is 336 g/mol. The number of hydrogen-bond donors (Lipinski definition) is 1. The molecule has 0 saturated heterocycles. The number of fused-ring (bicyclic) bond motifs is 1. The second-order valence-electron chi connectivity index (χ2n) is 7.65. The molecule has 0 aliphatic heterocycles. The van der Waals surface area contributed by atoms with Crippen LogP contribution in [0.15, 0.2) is 36.8 Å². The van der Waals surface area contributed by atoms with Crippen LogP contribution in [-0.2, 0) is 0 Å². The van der Waals surface area contributed by atoms with Crippen LogP contribution >= 0.6 is 0 Å². The number of aryl methyl sites for hydroxylation is 1. The zero-order valence-corrected chi connectivity index (χ0v) is 16.2. The van der Waals surface area contributed by atoms with Crippen molar-refractivity contribution in [3.63, 3.8) is 0 Å². The Hall–Kier alpha value is -2.60. The van der Waals surface area contributed by atoms with Gasteiger partial charge in [0.2, 0.25) is 0 Å². The molecule has 4 rings (SSSR count). The molecule has 0 spiro atoms. The van der Waals surface area contributed by atoms with Crippen molar-refractivity contribution in [3.05, 3.63) is 42.5 Å². The van der Waals surface area contributed by atoms with Crippen molar-refractivity contribution in [1.29, 1.82) is 0 Å². The first-order chi connectivity index (χ1) is 13.1. The van der Waals surface area contributed by atoms with Gasteiger partial charge in [0.1, 0.15) is 12.1 Å². The lowest BCUT2D eigenvalue weighted by molar-refractivity contribution is 0.221. The zero-order valence-electron chi connectivity index (χ0n) is 16.2. The lowest BCUT2D eigenvalue weighted by atomic mass is 9.90. The maximum absolute atomic E-state index is 4.55. The van der Waals surface area contributed by atoms with Crippen molar-refractivity contribution in [2.75, 3.05) is 19.4 Å². The Labute approximate surface area is 160 Å². The number of nitrogens with zero attached hydrogens (tertiary/aromatic N) is 5. The number of hydrogen-bond acceptors (Lipinski definition) is 6. The lowest BCUT2D eigenvalue weighted by Crippen LogP contribution is -2.36. The highest BCUT2D eigenvalue weighted by atomic mass is 15.1. The van der Waals surface area contributed by atoms with E-state index < -0.39 is 0 Å². The summed E-state index contributed by atoms with van der Waals surface area (Å²) in [6, 6.07) is 9.49. The van der Waals surface area contributed by atoms with Gasteiger partial charge in [0.25, 0.3) is 0 Å². The molecule has 27 heavy (non-hydrogen) atoms. The van der Waals surface area contributed by atoms with Gasteiger partial charge in [0, 0.05) is 23.0 Å². The average Bonchev–Trinajstić information content (AvgIpc) is 2.68. The Balaban J connectivity index is 1.60. The third-order valence-electron chi connectivity index (χ3n) is 5.51. The topological polar surface area (TPSA) is 66.8 Å². The Morgan fingerprint density at radius 2 is 1.81 bits per heavy atom. The molecule has 0 amide bonds. The highest BCUT2D eigenvalue weighted by molar-refractivity contribution is 5.92. The normalized spacial score (nSPS) is 20.1. The standard InChI is InChI=1S/C21H26N6/c1-14-10-16(12-24-26-14)15-4-9-20-19(11-15)21(23-13-22-20)25-17-5-7-18(8-6-17)27(2)3/h4,9-13,17-18H,5-8H2,1-3H3,(H,22,23,25). The molecule has 0 unspecified atom stereocenters. The maximum atomic E-state index is 4.55. The molecule has 2 aromatic heterocycles. The zero-order chi connectivity index (χ0) is 18.8. The third kappa shape index (κ3) is 3.90. The molecule has 1 aliphatic carbocycles. The number of anilines is 1. The Morgan fingerprint density at radius 3 is 2.56 bits per heavy atom. The van der Waals surface area contributed by atoms with Crippen LogP contribution in [0.3, 0.4) is 0 Å². The number of nitrogens with one attached hydrogen (secondary N) is 1. The first-order valence-corrected chi connectivity index (χ1v) is 9.57. The van der Waals surface area contributed by atoms with E-state index in [1.54, 1.807) is 12.5 Å². The van der Waals surface area contributed by atoms with Gasteiger partial charge < -0.3 is 10.2 Å². The van der Waals surface area contributed by atoms with Gasteiger partial charge in [0.15, 0.2) is 0 Å². The quantitative estimate of drug-likeness (QED) is 0.764. The summed E-state index contributed by atoms with van der Waals surface area (Å²) >= 11 is 0. The highest BCUT2D eigenvalue weighted by Crippen LogP contribution is 2.29. The van der Waals surface area contributed by atoms with Gasteiger partial charge in [-0.25, -0.2) is 9.97 Å². The van der Waals surface area contributed by atoms with Crippen LogP contribution in [0.4, 0.5) is 5.82 Å². The van der Waals surface area contributed by atoms with Gasteiger partial charge in [-0.3, -0.25) is 0 Å². The fourth-order valence-electron chi connectivity index (χ4n) is 3.91. The van der Waals surface area contributed by atoms with Crippen LogP contribution in [0.5, 0.6) is 0 Å². The summed E-state index contributed by atoms with van der Waals surface area (Å²) < 4.78 is 0. The monoisotopic (exact) mass is 362 g/mol. The van der Waals surface area contributed by atoms with Crippen LogP contribution in [0.25, 0.3) is 22.0 Å². The number of benzene rings is 1. The minimum Gasteiger partial charge on any atom is -0.367 e. The number of aromatic nitrogens is 4. The molecular formula is C21H26N6. The molecule has 0 bridgehead atoms. The van der Waals surface area contributed by atoms with E-state index in [9.17, 15) is 0 Å². The van der Waals surface area contributed by atoms with E-state index >= 15 is 0 Å². The fourth-order valence-corrected chi connectivity index (χ4v) is 3.91. The molecule has 3 aromatic rings. The van der Waals surface area contributed by atoms with E-state index in [1.165, 1.54) is 25.7 Å². The maximum Gasteiger partial charge on any atom is 0.137 e. The summed E-state index contributed by atoms with van der Waals surface area (Å²) in [4.78, 5) is 11.3. The van der Waals surface area contributed by atoms with E-state index in [0.29, 0.717) is 12.1 Å². The third-order valence-corrected chi connectivity index (χ3v) is 5.51. The molecule has 1 aliphatic rings. The minimum absolute atomic E-state index is 0.466. The molecule has 1 aromatic carbocycles. The van der Waals surface area contributed by atoms with Crippen molar-refractivity contribution in [1.82, 2.24) is 25.1 Å². The molecule has 140 valence electrons. The van der Waals surface area contributed by atoms with Gasteiger partial charge in [-0.15, -0.1) is 0 Å². The van der Waals surface area contributed by atoms with Crippen LogP contribution in [-0.4, -0.2) is 51.2 Å². The van der Waals surface area contributed by atoms with Gasteiger partial charge >= 0.3 is 0 Å². The summed E-state index contributed by atoms with van der Waals surface area (Å²) in [5, 5.41) is 12.9. The van der Waals surface area contributed by atoms with E-state index in [4.69, 9.17) is 0 Å². The van der Waals surface area contributed by atoms with Crippen LogP contribution in [0.2, 0.25) is 0 Å². The average molecular weight is 362 g/mol. The van der Waals surface area contributed by atoms with Crippen molar-refractivity contribution >= 4 is 16.7 Å². The summed E-state index contributed by atoms with van der Waals surface area (Å²) in [7, 11) is 4.35. The molecule has 1 N–H and O–H groups in total. The van der Waals surface area contributed by atoms with Crippen molar-refractivity contribution < 1.29 is 0 Å². The van der Waals surface area contributed by atoms with Crippen LogP contribution in [0, 0.1) is 6.92 Å². The van der Waals surface area contributed by atoms with Gasteiger partial charge in [-0.05, 0) is 70.5 Å². The molecule has 1 fully saturated rings. The van der Waals surface area contributed by atoms with Crippen molar-refractivity contribution in [2.45, 2.75) is 44.7 Å². The Morgan fingerprint density at radius 1 is 1.00 bits per heavy atom. The lowest BCUT2D eigenvalue weighted by Gasteiger charge is -2.33. The predicted octanol–water partition coefficient (Wildman–Crippen LogP) is 3.68. The fraction of sp³-hybridized carbons (Fsp3) is 0.429. The predicted molar refractivity (Wildman–Crippen MR) is 109 cm³/mol. The molecule has 0 atom stereocenters. The molecule has 1 saturated carbocycles. The summed E-state index contributed by atoms with van der Waals surface area (Å²) in [5.41, 5.74) is 4.03. The second kappa shape index (κ2) is 7.56. The molecule has 6 heteroatoms. The van der Waals surface area contributed by atoms with E-state index in [2.05, 4.69) is 62.7 Å². The van der Waals surface area contributed by atoms with Crippen molar-refractivity contribution in [3.8, 4) is 11.1 Å². The SMILES string of the molecule is Cc1cc(-c2ccc3ncnc(NC4CCC(N(C)C)CC4)c3c2)cnn1. The number of rotatable bonds is 4. The highest BCUT2D eigenvalue weighted by Gasteiger charge is 2.23. The Kier molecular flexibility index (Phi) is 4.99. The molecule has 0 radical (unpaired) electrons. The van der Waals surface area contributed by atoms with Crippen LogP contribution < -0.4 is 5.32 Å². The van der Waals surface area contributed by atoms with Gasteiger partial charge in [-0.2, -0.15) is 10.2 Å². The van der Waals surface area contributed by atoms with Gasteiger partial charge in [-0.1, -0.05) is 6.07 Å². The van der Waals surface area contributed by atoms with E-state index in [1.807, 2.05) is 13.0 Å². The summed E-state index contributed by atoms with van der Waals surface area (Å²) in [6.07, 6.45) is 8.23. The first kappa shape index (κ1) is 17.8. The van der Waals surface area contributed by atoms with Crippen molar-refractivity contribution in [2.24, 2.45) is 0 Å².